The van der Waals surface area contributed by atoms with E-state index in [1.54, 1.807) is 0 Å². The van der Waals surface area contributed by atoms with Gasteiger partial charge in [-0.1, -0.05) is 17.7 Å². The summed E-state index contributed by atoms with van der Waals surface area (Å²) in [5, 5.41) is 6.57. The number of carbonyl (C=O) groups excluding carboxylic acids is 1. The third kappa shape index (κ3) is 3.35. The van der Waals surface area contributed by atoms with Gasteiger partial charge in [0, 0.05) is 25.0 Å². The van der Waals surface area contributed by atoms with E-state index in [-0.39, 0.29) is 5.91 Å². The fourth-order valence-corrected chi connectivity index (χ4v) is 3.19. The Morgan fingerprint density at radius 1 is 1.26 bits per heavy atom. The molecule has 104 valence electrons. The van der Waals surface area contributed by atoms with E-state index in [4.69, 9.17) is 0 Å². The molecule has 1 aromatic carbocycles. The van der Waals surface area contributed by atoms with Crippen molar-refractivity contribution in [3.8, 4) is 0 Å². The van der Waals surface area contributed by atoms with Gasteiger partial charge in [0.2, 0.25) is 5.91 Å². The molecule has 0 saturated carbocycles. The Kier molecular flexibility index (Phi) is 4.25. The monoisotopic (exact) mass is 260 g/mol. The standard InChI is InChI=1S/C16H24N2O/c1-10-7-11(2)16(12(3)8-10)13(4)18-14-5-6-15(19)17-9-14/h7-8,13-14,18H,5-6,9H2,1-4H3,(H,17,19). The Bertz CT molecular complexity index is 449. The molecule has 2 N–H and O–H groups in total. The van der Waals surface area contributed by atoms with Crippen molar-refractivity contribution in [2.75, 3.05) is 6.54 Å². The Balaban J connectivity index is 2.08. The molecule has 1 aliphatic heterocycles. The van der Waals surface area contributed by atoms with Crippen LogP contribution in [0.15, 0.2) is 12.1 Å². The van der Waals surface area contributed by atoms with Crippen LogP contribution in [0.25, 0.3) is 0 Å². The van der Waals surface area contributed by atoms with Gasteiger partial charge in [-0.25, -0.2) is 0 Å². The average molecular weight is 260 g/mol. The maximum atomic E-state index is 11.2. The van der Waals surface area contributed by atoms with Gasteiger partial charge >= 0.3 is 0 Å². The van der Waals surface area contributed by atoms with Gasteiger partial charge in [-0.3, -0.25) is 4.79 Å². The van der Waals surface area contributed by atoms with Crippen molar-refractivity contribution in [1.82, 2.24) is 10.6 Å². The molecule has 0 aliphatic carbocycles. The van der Waals surface area contributed by atoms with E-state index in [1.165, 1.54) is 22.3 Å². The first-order valence-corrected chi connectivity index (χ1v) is 7.08. The summed E-state index contributed by atoms with van der Waals surface area (Å²) in [6.45, 7) is 9.44. The van der Waals surface area contributed by atoms with E-state index in [9.17, 15) is 4.79 Å². The van der Waals surface area contributed by atoms with Crippen molar-refractivity contribution in [3.05, 3.63) is 34.4 Å². The molecular weight excluding hydrogens is 236 g/mol. The third-order valence-electron chi connectivity index (χ3n) is 3.92. The summed E-state index contributed by atoms with van der Waals surface area (Å²) in [5.74, 6) is 0.174. The van der Waals surface area contributed by atoms with Crippen LogP contribution in [0.2, 0.25) is 0 Å². The summed E-state index contributed by atoms with van der Waals surface area (Å²) in [5.41, 5.74) is 5.40. The molecule has 3 heteroatoms. The summed E-state index contributed by atoms with van der Waals surface area (Å²) in [7, 11) is 0. The average Bonchev–Trinajstić information content (AvgIpc) is 2.30. The van der Waals surface area contributed by atoms with Gasteiger partial charge in [-0.15, -0.1) is 0 Å². The maximum Gasteiger partial charge on any atom is 0.220 e. The minimum atomic E-state index is 0.174. The number of benzene rings is 1. The molecule has 1 saturated heterocycles. The molecule has 1 amide bonds. The summed E-state index contributed by atoms with van der Waals surface area (Å²) >= 11 is 0. The largest absolute Gasteiger partial charge is 0.355 e. The highest BCUT2D eigenvalue weighted by Gasteiger charge is 2.21. The molecule has 2 rings (SSSR count). The number of aryl methyl sites for hydroxylation is 3. The maximum absolute atomic E-state index is 11.2. The number of hydrogen-bond acceptors (Lipinski definition) is 2. The lowest BCUT2D eigenvalue weighted by molar-refractivity contribution is -0.122. The van der Waals surface area contributed by atoms with Gasteiger partial charge in [0.1, 0.15) is 0 Å². The zero-order valence-electron chi connectivity index (χ0n) is 12.3. The number of rotatable bonds is 3. The van der Waals surface area contributed by atoms with Crippen LogP contribution in [0.3, 0.4) is 0 Å². The van der Waals surface area contributed by atoms with E-state index in [1.807, 2.05) is 0 Å². The van der Waals surface area contributed by atoms with E-state index in [2.05, 4.69) is 50.5 Å². The van der Waals surface area contributed by atoms with Crippen LogP contribution in [0, 0.1) is 20.8 Å². The van der Waals surface area contributed by atoms with Crippen LogP contribution in [-0.2, 0) is 4.79 Å². The summed E-state index contributed by atoms with van der Waals surface area (Å²) in [6.07, 6.45) is 1.57. The highest BCUT2D eigenvalue weighted by atomic mass is 16.1. The van der Waals surface area contributed by atoms with Gasteiger partial charge in [0.25, 0.3) is 0 Å². The second kappa shape index (κ2) is 5.74. The summed E-state index contributed by atoms with van der Waals surface area (Å²) < 4.78 is 0. The molecular formula is C16H24N2O. The van der Waals surface area contributed by atoms with E-state index in [0.29, 0.717) is 18.5 Å². The SMILES string of the molecule is Cc1cc(C)c(C(C)NC2CCC(=O)NC2)c(C)c1. The fourth-order valence-electron chi connectivity index (χ4n) is 3.19. The fraction of sp³-hybridized carbons (Fsp3) is 0.562. The van der Waals surface area contributed by atoms with Gasteiger partial charge in [0.15, 0.2) is 0 Å². The number of nitrogens with one attached hydrogen (secondary N) is 2. The predicted octanol–water partition coefficient (Wildman–Crippen LogP) is 2.54. The topological polar surface area (TPSA) is 41.1 Å². The van der Waals surface area contributed by atoms with Crippen molar-refractivity contribution in [2.45, 2.75) is 52.6 Å². The normalized spacial score (nSPS) is 21.1. The second-order valence-electron chi connectivity index (χ2n) is 5.74. The molecule has 1 aliphatic rings. The number of hydrogen-bond donors (Lipinski definition) is 2. The van der Waals surface area contributed by atoms with Gasteiger partial charge in [0.05, 0.1) is 0 Å². The lowest BCUT2D eigenvalue weighted by Gasteiger charge is -2.28. The van der Waals surface area contributed by atoms with E-state index >= 15 is 0 Å². The second-order valence-corrected chi connectivity index (χ2v) is 5.74. The molecule has 19 heavy (non-hydrogen) atoms. The predicted molar refractivity (Wildman–Crippen MR) is 78.2 cm³/mol. The van der Waals surface area contributed by atoms with Crippen molar-refractivity contribution in [3.63, 3.8) is 0 Å². The van der Waals surface area contributed by atoms with Gasteiger partial charge < -0.3 is 10.6 Å². The first kappa shape index (κ1) is 14.1. The van der Waals surface area contributed by atoms with Crippen LogP contribution in [0.4, 0.5) is 0 Å². The van der Waals surface area contributed by atoms with Crippen LogP contribution in [0.5, 0.6) is 0 Å². The van der Waals surface area contributed by atoms with Crippen molar-refractivity contribution < 1.29 is 4.79 Å². The van der Waals surface area contributed by atoms with Crippen LogP contribution >= 0.6 is 0 Å². The third-order valence-corrected chi connectivity index (χ3v) is 3.92. The van der Waals surface area contributed by atoms with Crippen molar-refractivity contribution >= 4 is 5.91 Å². The molecule has 0 aromatic heterocycles. The first-order chi connectivity index (χ1) is 8.97. The highest BCUT2D eigenvalue weighted by molar-refractivity contribution is 5.76. The van der Waals surface area contributed by atoms with Crippen LogP contribution in [-0.4, -0.2) is 18.5 Å². The Morgan fingerprint density at radius 2 is 1.89 bits per heavy atom. The van der Waals surface area contributed by atoms with Crippen molar-refractivity contribution in [1.29, 1.82) is 0 Å². The minimum Gasteiger partial charge on any atom is -0.355 e. The molecule has 2 atom stereocenters. The molecule has 0 spiro atoms. The number of carbonyl (C=O) groups is 1. The van der Waals surface area contributed by atoms with Crippen LogP contribution in [0.1, 0.15) is 48.1 Å². The molecule has 0 bridgehead atoms. The van der Waals surface area contributed by atoms with E-state index < -0.39 is 0 Å². The summed E-state index contributed by atoms with van der Waals surface area (Å²) in [6, 6.07) is 5.18. The lowest BCUT2D eigenvalue weighted by Crippen LogP contribution is -2.46. The molecule has 1 fully saturated rings. The molecule has 3 nitrogen and oxygen atoms in total. The zero-order chi connectivity index (χ0) is 14.0. The van der Waals surface area contributed by atoms with Gasteiger partial charge in [-0.2, -0.15) is 0 Å². The first-order valence-electron chi connectivity index (χ1n) is 7.08. The van der Waals surface area contributed by atoms with E-state index in [0.717, 1.165) is 13.0 Å². The molecule has 0 radical (unpaired) electrons. The zero-order valence-corrected chi connectivity index (χ0v) is 12.3. The smallest absolute Gasteiger partial charge is 0.220 e. The molecule has 1 aromatic rings. The molecule has 2 unspecified atom stereocenters. The molecule has 1 heterocycles. The Morgan fingerprint density at radius 3 is 2.42 bits per heavy atom. The number of amides is 1. The Labute approximate surface area is 115 Å². The Hall–Kier alpha value is -1.35. The minimum absolute atomic E-state index is 0.174. The van der Waals surface area contributed by atoms with Crippen LogP contribution < -0.4 is 10.6 Å². The number of piperidine rings is 1. The summed E-state index contributed by atoms with van der Waals surface area (Å²) in [4.78, 5) is 11.2. The lowest BCUT2D eigenvalue weighted by atomic mass is 9.94. The quantitative estimate of drug-likeness (QED) is 0.877. The highest BCUT2D eigenvalue weighted by Crippen LogP contribution is 2.24. The van der Waals surface area contributed by atoms with Crippen molar-refractivity contribution in [2.24, 2.45) is 0 Å². The van der Waals surface area contributed by atoms with Gasteiger partial charge in [-0.05, 0) is 50.8 Å².